The Morgan fingerprint density at radius 2 is 1.08 bits per heavy atom. The van der Waals surface area contributed by atoms with Crippen LogP contribution >= 0.6 is 0 Å². The highest BCUT2D eigenvalue weighted by Gasteiger charge is 1.93. The first-order valence-corrected chi connectivity index (χ1v) is 10.9. The van der Waals surface area contributed by atoms with Crippen molar-refractivity contribution in [3.8, 4) is 0 Å². The van der Waals surface area contributed by atoms with Crippen LogP contribution in [-0.4, -0.2) is 9.78 Å². The van der Waals surface area contributed by atoms with E-state index in [4.69, 9.17) is 0 Å². The van der Waals surface area contributed by atoms with Crippen LogP contribution in [0.15, 0.2) is 6.20 Å². The molecule has 0 aliphatic heterocycles. The second-order valence-corrected chi connectivity index (χ2v) is 6.16. The van der Waals surface area contributed by atoms with Crippen molar-refractivity contribution in [2.75, 3.05) is 0 Å². The second kappa shape index (κ2) is 31.0. The monoisotopic (exact) mass is 356 g/mol. The van der Waals surface area contributed by atoms with Crippen LogP contribution < -0.4 is 0 Å². The van der Waals surface area contributed by atoms with Crippen LogP contribution in [0.25, 0.3) is 0 Å². The largest absolute Gasteiger partial charge is 0.273 e. The summed E-state index contributed by atoms with van der Waals surface area (Å²) in [5.41, 5.74) is 2.50. The van der Waals surface area contributed by atoms with Gasteiger partial charge in [0, 0.05) is 12.7 Å². The first-order valence-electron chi connectivity index (χ1n) is 10.9. The summed E-state index contributed by atoms with van der Waals surface area (Å²) in [5, 5.41) is 4.03. The van der Waals surface area contributed by atoms with Crippen molar-refractivity contribution in [3.05, 3.63) is 17.5 Å². The zero-order valence-corrected chi connectivity index (χ0v) is 19.8. The van der Waals surface area contributed by atoms with Crippen LogP contribution in [0.4, 0.5) is 0 Å². The van der Waals surface area contributed by atoms with E-state index < -0.39 is 0 Å². The second-order valence-electron chi connectivity index (χ2n) is 6.16. The van der Waals surface area contributed by atoms with Gasteiger partial charge in [-0.05, 0) is 19.4 Å². The molecule has 0 atom stereocenters. The number of hydrogen-bond donors (Lipinski definition) is 0. The predicted octanol–water partition coefficient (Wildman–Crippen LogP) is 8.65. The fourth-order valence-electron chi connectivity index (χ4n) is 1.46. The fraction of sp³-hybridized carbons (Fsp3) is 0.870. The molecule has 1 aromatic heterocycles. The maximum atomic E-state index is 4.03. The molecule has 0 aliphatic carbocycles. The summed E-state index contributed by atoms with van der Waals surface area (Å²) in [6.07, 6.45) is 14.2. The third-order valence-corrected chi connectivity index (χ3v) is 3.44. The van der Waals surface area contributed by atoms with Gasteiger partial charge in [-0.3, -0.25) is 4.68 Å². The van der Waals surface area contributed by atoms with E-state index in [9.17, 15) is 0 Å². The Kier molecular flexibility index (Phi) is 39.6. The van der Waals surface area contributed by atoms with Gasteiger partial charge in [0.2, 0.25) is 0 Å². The summed E-state index contributed by atoms with van der Waals surface area (Å²) in [5.74, 6) is 0. The van der Waals surface area contributed by atoms with Crippen molar-refractivity contribution < 1.29 is 0 Å². The molecule has 0 aliphatic rings. The average Bonchev–Trinajstić information content (AvgIpc) is 2.93. The highest BCUT2D eigenvalue weighted by molar-refractivity contribution is 5.12. The van der Waals surface area contributed by atoms with E-state index in [0.29, 0.717) is 0 Å². The minimum absolute atomic E-state index is 1.24. The van der Waals surface area contributed by atoms with Gasteiger partial charge in [-0.15, -0.1) is 0 Å². The van der Waals surface area contributed by atoms with E-state index in [1.807, 2.05) is 31.8 Å². The highest BCUT2D eigenvalue weighted by atomic mass is 15.3. The van der Waals surface area contributed by atoms with E-state index in [-0.39, 0.29) is 0 Å². The maximum Gasteiger partial charge on any atom is 0.0521 e. The summed E-state index contributed by atoms with van der Waals surface area (Å²) < 4.78 is 1.87. The number of hydrogen-bond acceptors (Lipinski definition) is 1. The lowest BCUT2D eigenvalue weighted by Crippen LogP contribution is -1.91. The molecule has 2 heteroatoms. The molecule has 25 heavy (non-hydrogen) atoms. The lowest BCUT2D eigenvalue weighted by molar-refractivity contribution is 0.624. The quantitative estimate of drug-likeness (QED) is 0.466. The first-order chi connectivity index (χ1) is 12.0. The molecular formula is C23H52N2. The molecule has 0 N–H and O–H groups in total. The molecule has 0 bridgehead atoms. The predicted molar refractivity (Wildman–Crippen MR) is 120 cm³/mol. The standard InChI is InChI=1S/C8H18.C6H10N2.C4H10.C3H8.C2H6/c1-3-5-7-8-6-4-2;1-5-4-7-8(3)6(5)2;1-3-4-2;1-3-2;1-2/h3-8H2,1-2H3;4H,1-3H3;3-4H2,1-2H3;3H2,1-2H3;1-2H3. The van der Waals surface area contributed by atoms with E-state index in [2.05, 4.69) is 60.5 Å². The average molecular weight is 357 g/mol. The Morgan fingerprint density at radius 1 is 0.720 bits per heavy atom. The molecule has 0 unspecified atom stereocenters. The molecule has 154 valence electrons. The van der Waals surface area contributed by atoms with Crippen molar-refractivity contribution in [1.29, 1.82) is 0 Å². The molecule has 1 heterocycles. The van der Waals surface area contributed by atoms with Gasteiger partial charge in [-0.25, -0.2) is 0 Å². The Bertz CT molecular complexity index is 276. The number of aromatic nitrogens is 2. The summed E-state index contributed by atoms with van der Waals surface area (Å²) in [7, 11) is 1.95. The van der Waals surface area contributed by atoms with Gasteiger partial charge in [0.05, 0.1) is 6.20 Å². The Balaban J connectivity index is -0.000000122. The van der Waals surface area contributed by atoms with E-state index in [1.165, 1.54) is 69.0 Å². The Morgan fingerprint density at radius 3 is 1.20 bits per heavy atom. The van der Waals surface area contributed by atoms with E-state index in [1.54, 1.807) is 0 Å². The molecule has 1 rings (SSSR count). The van der Waals surface area contributed by atoms with Crippen LogP contribution in [0.5, 0.6) is 0 Å². The lowest BCUT2D eigenvalue weighted by atomic mass is 10.1. The third kappa shape index (κ3) is 31.5. The number of aryl methyl sites for hydroxylation is 2. The lowest BCUT2D eigenvalue weighted by Gasteiger charge is -1.93. The summed E-state index contributed by atoms with van der Waals surface area (Å²) >= 11 is 0. The zero-order chi connectivity index (χ0) is 20.5. The molecule has 0 spiro atoms. The van der Waals surface area contributed by atoms with Gasteiger partial charge in [0.15, 0.2) is 0 Å². The molecule has 2 nitrogen and oxygen atoms in total. The molecule has 0 radical (unpaired) electrons. The Hall–Kier alpha value is -0.790. The van der Waals surface area contributed by atoms with Crippen molar-refractivity contribution in [2.24, 2.45) is 7.05 Å². The molecule has 0 fully saturated rings. The molecule has 0 saturated carbocycles. The minimum Gasteiger partial charge on any atom is -0.273 e. The number of rotatable bonds is 6. The Labute approximate surface area is 161 Å². The first kappa shape index (κ1) is 31.9. The van der Waals surface area contributed by atoms with E-state index in [0.717, 1.165) is 0 Å². The summed E-state index contributed by atoms with van der Waals surface area (Å²) in [6.45, 7) is 21.2. The zero-order valence-electron chi connectivity index (χ0n) is 19.8. The van der Waals surface area contributed by atoms with Gasteiger partial charge < -0.3 is 0 Å². The third-order valence-electron chi connectivity index (χ3n) is 3.44. The smallest absolute Gasteiger partial charge is 0.0521 e. The fourth-order valence-corrected chi connectivity index (χ4v) is 1.46. The summed E-state index contributed by atoms with van der Waals surface area (Å²) in [6, 6.07) is 0. The summed E-state index contributed by atoms with van der Waals surface area (Å²) in [4.78, 5) is 0. The van der Waals surface area contributed by atoms with Gasteiger partial charge >= 0.3 is 0 Å². The molecule has 0 amide bonds. The van der Waals surface area contributed by atoms with Crippen molar-refractivity contribution in [3.63, 3.8) is 0 Å². The SMILES string of the molecule is CC.CCC.CCCC.CCCCCCCC.Cc1cnn(C)c1C. The van der Waals surface area contributed by atoms with Gasteiger partial charge in [-0.2, -0.15) is 5.10 Å². The molecule has 1 aromatic rings. The van der Waals surface area contributed by atoms with E-state index >= 15 is 0 Å². The van der Waals surface area contributed by atoms with Crippen LogP contribution in [0.2, 0.25) is 0 Å². The number of nitrogens with zero attached hydrogens (tertiary/aromatic N) is 2. The van der Waals surface area contributed by atoms with Crippen molar-refractivity contribution in [2.45, 2.75) is 127 Å². The van der Waals surface area contributed by atoms with Crippen LogP contribution in [0, 0.1) is 13.8 Å². The molecular weight excluding hydrogens is 304 g/mol. The normalized spacial score (nSPS) is 8.44. The van der Waals surface area contributed by atoms with Crippen LogP contribution in [0.3, 0.4) is 0 Å². The molecule has 0 saturated heterocycles. The van der Waals surface area contributed by atoms with Gasteiger partial charge in [-0.1, -0.05) is 113 Å². The van der Waals surface area contributed by atoms with Crippen LogP contribution in [-0.2, 0) is 7.05 Å². The van der Waals surface area contributed by atoms with Crippen molar-refractivity contribution >= 4 is 0 Å². The van der Waals surface area contributed by atoms with Crippen molar-refractivity contribution in [1.82, 2.24) is 9.78 Å². The highest BCUT2D eigenvalue weighted by Crippen LogP contribution is 2.03. The van der Waals surface area contributed by atoms with Gasteiger partial charge in [0.25, 0.3) is 0 Å². The minimum atomic E-state index is 1.24. The molecule has 0 aromatic carbocycles. The van der Waals surface area contributed by atoms with Gasteiger partial charge in [0.1, 0.15) is 0 Å². The topological polar surface area (TPSA) is 17.8 Å². The maximum absolute atomic E-state index is 4.03. The van der Waals surface area contributed by atoms with Crippen LogP contribution in [0.1, 0.15) is 124 Å². The number of unbranched alkanes of at least 4 members (excludes halogenated alkanes) is 6.